The standard InChI is InChI=1S/C28H41N3O5/c1-4-5-6-7-15-35-27(33)23-9-8-12-31(23)22-10-13-30(14-11-22)26(32)20(3)17-21-16-19(2)25-24(18-21)36-28(34)29-25/h16,18,20,22-23H,4-15,17H2,1-3H3,(H,29,34)/t20-,23+/m1/s1. The lowest BCUT2D eigenvalue weighted by molar-refractivity contribution is -0.151. The number of aromatic amines is 1. The topological polar surface area (TPSA) is 95.9 Å². The zero-order chi connectivity index (χ0) is 25.7. The van der Waals surface area contributed by atoms with Gasteiger partial charge in [0, 0.05) is 25.0 Å². The number of rotatable bonds is 10. The molecule has 2 saturated heterocycles. The first kappa shape index (κ1) is 26.5. The fraction of sp³-hybridized carbons (Fsp3) is 0.679. The molecule has 2 aromatic rings. The number of carbonyl (C=O) groups is 2. The minimum atomic E-state index is -0.460. The number of oxazole rings is 1. The van der Waals surface area contributed by atoms with E-state index in [1.54, 1.807) is 0 Å². The normalized spacial score (nSPS) is 20.2. The highest BCUT2D eigenvalue weighted by atomic mass is 16.5. The lowest BCUT2D eigenvalue weighted by Crippen LogP contribution is -2.51. The highest BCUT2D eigenvalue weighted by Crippen LogP contribution is 2.28. The molecular formula is C28H41N3O5. The second-order valence-electron chi connectivity index (χ2n) is 10.6. The summed E-state index contributed by atoms with van der Waals surface area (Å²) in [5.74, 6) is -0.531. The van der Waals surface area contributed by atoms with Gasteiger partial charge in [-0.2, -0.15) is 0 Å². The molecule has 36 heavy (non-hydrogen) atoms. The van der Waals surface area contributed by atoms with E-state index in [1.165, 1.54) is 12.8 Å². The van der Waals surface area contributed by atoms with E-state index >= 15 is 0 Å². The number of likely N-dealkylation sites (tertiary alicyclic amines) is 2. The maximum absolute atomic E-state index is 13.2. The van der Waals surface area contributed by atoms with Crippen molar-refractivity contribution in [3.05, 3.63) is 33.8 Å². The summed E-state index contributed by atoms with van der Waals surface area (Å²) in [7, 11) is 0. The van der Waals surface area contributed by atoms with Gasteiger partial charge in [0.25, 0.3) is 0 Å². The van der Waals surface area contributed by atoms with Crippen LogP contribution in [0.25, 0.3) is 11.1 Å². The van der Waals surface area contributed by atoms with Crippen LogP contribution in [0.3, 0.4) is 0 Å². The van der Waals surface area contributed by atoms with Crippen LogP contribution >= 0.6 is 0 Å². The molecule has 1 amide bonds. The van der Waals surface area contributed by atoms with Gasteiger partial charge in [0.1, 0.15) is 6.04 Å². The van der Waals surface area contributed by atoms with Gasteiger partial charge < -0.3 is 14.1 Å². The number of H-pyrrole nitrogens is 1. The van der Waals surface area contributed by atoms with Crippen LogP contribution in [0.1, 0.15) is 76.3 Å². The Bertz CT molecular complexity index is 1100. The Morgan fingerprint density at radius 3 is 2.67 bits per heavy atom. The number of ether oxygens (including phenoxy) is 1. The highest BCUT2D eigenvalue weighted by molar-refractivity contribution is 5.80. The number of benzene rings is 1. The molecule has 2 aliphatic rings. The van der Waals surface area contributed by atoms with Crippen LogP contribution in [0.2, 0.25) is 0 Å². The Balaban J connectivity index is 1.27. The SMILES string of the molecule is CCCCCCOC(=O)[C@@H]1CCCN1C1CCN(C(=O)[C@H](C)Cc2cc(C)c3[nH]c(=O)oc3c2)CC1. The number of nitrogens with zero attached hydrogens (tertiary/aromatic N) is 2. The molecule has 2 atom stereocenters. The first-order valence-electron chi connectivity index (χ1n) is 13.7. The Labute approximate surface area is 213 Å². The van der Waals surface area contributed by atoms with Crippen molar-refractivity contribution in [2.45, 2.75) is 90.6 Å². The molecule has 1 aromatic heterocycles. The minimum Gasteiger partial charge on any atom is -0.465 e. The first-order chi connectivity index (χ1) is 17.4. The van der Waals surface area contributed by atoms with Gasteiger partial charge in [0.05, 0.1) is 12.1 Å². The first-order valence-corrected chi connectivity index (χ1v) is 13.7. The third-order valence-electron chi connectivity index (χ3n) is 7.81. The van der Waals surface area contributed by atoms with Crippen molar-refractivity contribution in [2.75, 3.05) is 26.2 Å². The molecule has 8 heteroatoms. The third-order valence-corrected chi connectivity index (χ3v) is 7.81. The Morgan fingerprint density at radius 2 is 1.92 bits per heavy atom. The van der Waals surface area contributed by atoms with Crippen LogP contribution in [0.15, 0.2) is 21.3 Å². The van der Waals surface area contributed by atoms with Gasteiger partial charge >= 0.3 is 11.7 Å². The van der Waals surface area contributed by atoms with Gasteiger partial charge in [0.2, 0.25) is 5.91 Å². The van der Waals surface area contributed by atoms with Gasteiger partial charge in [-0.1, -0.05) is 39.2 Å². The maximum Gasteiger partial charge on any atom is 0.417 e. The summed E-state index contributed by atoms with van der Waals surface area (Å²) in [4.78, 5) is 44.5. The quantitative estimate of drug-likeness (QED) is 0.389. The number of esters is 1. The smallest absolute Gasteiger partial charge is 0.417 e. The molecule has 3 heterocycles. The minimum absolute atomic E-state index is 0.0679. The van der Waals surface area contributed by atoms with Crippen molar-refractivity contribution >= 4 is 23.0 Å². The van der Waals surface area contributed by atoms with Crippen molar-refractivity contribution in [1.29, 1.82) is 0 Å². The summed E-state index contributed by atoms with van der Waals surface area (Å²) in [5.41, 5.74) is 3.18. The number of hydrogen-bond acceptors (Lipinski definition) is 6. The molecule has 0 spiro atoms. The highest BCUT2D eigenvalue weighted by Gasteiger charge is 2.38. The summed E-state index contributed by atoms with van der Waals surface area (Å²) in [5, 5.41) is 0. The zero-order valence-electron chi connectivity index (χ0n) is 22.0. The van der Waals surface area contributed by atoms with Gasteiger partial charge in [-0.3, -0.25) is 19.5 Å². The molecule has 0 radical (unpaired) electrons. The molecule has 1 aromatic carbocycles. The van der Waals surface area contributed by atoms with E-state index in [-0.39, 0.29) is 23.8 Å². The average Bonchev–Trinajstić information content (AvgIpc) is 3.50. The van der Waals surface area contributed by atoms with Gasteiger partial charge in [0.15, 0.2) is 5.58 Å². The molecule has 1 N–H and O–H groups in total. The summed E-state index contributed by atoms with van der Waals surface area (Å²) in [6.45, 7) is 8.96. The van der Waals surface area contributed by atoms with Crippen molar-refractivity contribution in [3.63, 3.8) is 0 Å². The number of aromatic nitrogens is 1. The fourth-order valence-electron chi connectivity index (χ4n) is 5.86. The number of nitrogens with one attached hydrogen (secondary N) is 1. The number of hydrogen-bond donors (Lipinski definition) is 1. The zero-order valence-corrected chi connectivity index (χ0v) is 22.0. The number of carbonyl (C=O) groups excluding carboxylic acids is 2. The largest absolute Gasteiger partial charge is 0.465 e. The van der Waals surface area contributed by atoms with Gasteiger partial charge in [-0.25, -0.2) is 4.79 Å². The van der Waals surface area contributed by atoms with Crippen molar-refractivity contribution in [3.8, 4) is 0 Å². The number of unbranched alkanes of at least 4 members (excludes halogenated alkanes) is 3. The second-order valence-corrected chi connectivity index (χ2v) is 10.6. The molecule has 8 nitrogen and oxygen atoms in total. The molecule has 0 bridgehead atoms. The van der Waals surface area contributed by atoms with Crippen molar-refractivity contribution < 1.29 is 18.7 Å². The maximum atomic E-state index is 13.2. The van der Waals surface area contributed by atoms with Crippen LogP contribution in [0.4, 0.5) is 0 Å². The van der Waals surface area contributed by atoms with Crippen LogP contribution in [0.5, 0.6) is 0 Å². The van der Waals surface area contributed by atoms with E-state index in [1.807, 2.05) is 30.9 Å². The van der Waals surface area contributed by atoms with E-state index in [4.69, 9.17) is 9.15 Å². The van der Waals surface area contributed by atoms with Crippen LogP contribution in [-0.2, 0) is 20.7 Å². The lowest BCUT2D eigenvalue weighted by Gasteiger charge is -2.39. The van der Waals surface area contributed by atoms with Crippen molar-refractivity contribution in [2.24, 2.45) is 5.92 Å². The van der Waals surface area contributed by atoms with Crippen LogP contribution < -0.4 is 5.76 Å². The van der Waals surface area contributed by atoms with E-state index in [0.717, 1.165) is 56.2 Å². The Kier molecular flexibility index (Phi) is 8.88. The van der Waals surface area contributed by atoms with Crippen LogP contribution in [0, 0.1) is 12.8 Å². The predicted molar refractivity (Wildman–Crippen MR) is 139 cm³/mol. The molecule has 0 saturated carbocycles. The Hall–Kier alpha value is -2.61. The third kappa shape index (κ3) is 6.20. The second kappa shape index (κ2) is 12.1. The van der Waals surface area contributed by atoms with Crippen LogP contribution in [-0.4, -0.2) is 65.0 Å². The number of piperidine rings is 1. The monoisotopic (exact) mass is 499 g/mol. The van der Waals surface area contributed by atoms with Gasteiger partial charge in [-0.15, -0.1) is 0 Å². The molecular weight excluding hydrogens is 458 g/mol. The average molecular weight is 500 g/mol. The number of fused-ring (bicyclic) bond motifs is 1. The number of aryl methyl sites for hydroxylation is 1. The van der Waals surface area contributed by atoms with Crippen molar-refractivity contribution in [1.82, 2.24) is 14.8 Å². The van der Waals surface area contributed by atoms with E-state index < -0.39 is 5.76 Å². The molecule has 2 fully saturated rings. The fourth-order valence-corrected chi connectivity index (χ4v) is 5.86. The molecule has 198 valence electrons. The molecule has 2 aliphatic heterocycles. The van der Waals surface area contributed by atoms with E-state index in [0.29, 0.717) is 43.3 Å². The molecule has 4 rings (SSSR count). The predicted octanol–water partition coefficient (Wildman–Crippen LogP) is 4.19. The Morgan fingerprint density at radius 1 is 1.14 bits per heavy atom. The summed E-state index contributed by atoms with van der Waals surface area (Å²) < 4.78 is 10.8. The van der Waals surface area contributed by atoms with E-state index in [2.05, 4.69) is 16.8 Å². The number of amides is 1. The lowest BCUT2D eigenvalue weighted by atomic mass is 9.96. The van der Waals surface area contributed by atoms with E-state index in [9.17, 15) is 14.4 Å². The molecule has 0 aliphatic carbocycles. The van der Waals surface area contributed by atoms with Gasteiger partial charge in [-0.05, 0) is 69.2 Å². The molecule has 0 unspecified atom stereocenters. The summed E-state index contributed by atoms with van der Waals surface area (Å²) in [6, 6.07) is 4.06. The summed E-state index contributed by atoms with van der Waals surface area (Å²) in [6.07, 6.45) is 8.68. The summed E-state index contributed by atoms with van der Waals surface area (Å²) >= 11 is 0.